The second-order valence-electron chi connectivity index (χ2n) is 7.65. The van der Waals surface area contributed by atoms with E-state index in [1.54, 1.807) is 30.3 Å². The highest BCUT2D eigenvalue weighted by Gasteiger charge is 2.26. The molecule has 0 fully saturated rings. The van der Waals surface area contributed by atoms with Crippen molar-refractivity contribution >= 4 is 26.5 Å². The first-order valence-corrected chi connectivity index (χ1v) is 11.8. The number of hydrogen-bond donors (Lipinski definition) is 0. The van der Waals surface area contributed by atoms with E-state index in [1.807, 2.05) is 24.3 Å². The molecule has 0 spiro atoms. The molecule has 0 bridgehead atoms. The van der Waals surface area contributed by atoms with Gasteiger partial charge in [-0.1, -0.05) is 78.9 Å². The predicted octanol–water partition coefficient (Wildman–Crippen LogP) is 5.70. The molecule has 5 rings (SSSR count). The smallest absolute Gasteiger partial charge is 0.200 e. The number of hydrogen-bond acceptors (Lipinski definition) is 3. The number of sulfonamides is 1. The van der Waals surface area contributed by atoms with Crippen LogP contribution >= 0.6 is 0 Å². The third-order valence-electron chi connectivity index (χ3n) is 5.61. The van der Waals surface area contributed by atoms with Crippen LogP contribution in [0.5, 0.6) is 0 Å². The maximum Gasteiger partial charge on any atom is 0.279 e. The Morgan fingerprint density at radius 3 is 2.10 bits per heavy atom. The summed E-state index contributed by atoms with van der Waals surface area (Å²) in [6, 6.07) is 31.5. The molecule has 5 heteroatoms. The maximum atomic E-state index is 12.9. The van der Waals surface area contributed by atoms with E-state index in [1.165, 1.54) is 15.2 Å². The van der Waals surface area contributed by atoms with Crippen LogP contribution in [0.2, 0.25) is 0 Å². The lowest BCUT2D eigenvalue weighted by atomic mass is 9.98. The molecule has 4 nitrogen and oxygen atoms in total. The lowest BCUT2D eigenvalue weighted by molar-refractivity contribution is 0.410. The van der Waals surface area contributed by atoms with Gasteiger partial charge in [0.25, 0.3) is 10.0 Å². The van der Waals surface area contributed by atoms with Crippen molar-refractivity contribution < 1.29 is 8.42 Å². The van der Waals surface area contributed by atoms with Crippen molar-refractivity contribution in [1.29, 1.82) is 0 Å². The second-order valence-corrected chi connectivity index (χ2v) is 9.50. The summed E-state index contributed by atoms with van der Waals surface area (Å²) in [4.78, 5) is 0.270. The van der Waals surface area contributed by atoms with Crippen LogP contribution < -0.4 is 0 Å². The average molecular weight is 427 g/mol. The Balaban J connectivity index is 1.43. The van der Waals surface area contributed by atoms with Crippen molar-refractivity contribution in [2.45, 2.75) is 17.7 Å². The Labute approximate surface area is 182 Å². The van der Waals surface area contributed by atoms with Gasteiger partial charge in [-0.3, -0.25) is 0 Å². The van der Waals surface area contributed by atoms with Crippen molar-refractivity contribution in [3.63, 3.8) is 0 Å². The third kappa shape index (κ3) is 3.84. The van der Waals surface area contributed by atoms with E-state index in [9.17, 15) is 8.42 Å². The van der Waals surface area contributed by atoms with Crippen LogP contribution in [0.25, 0.3) is 21.9 Å². The van der Waals surface area contributed by atoms with Gasteiger partial charge in [-0.2, -0.15) is 17.9 Å². The van der Waals surface area contributed by atoms with Crippen LogP contribution in [0.15, 0.2) is 107 Å². The molecule has 0 atom stereocenters. The summed E-state index contributed by atoms with van der Waals surface area (Å²) in [5.74, 6) is 0. The van der Waals surface area contributed by atoms with Gasteiger partial charge in [0, 0.05) is 0 Å². The fourth-order valence-corrected chi connectivity index (χ4v) is 5.25. The summed E-state index contributed by atoms with van der Waals surface area (Å²) in [6.45, 7) is 0.399. The minimum absolute atomic E-state index is 0.270. The standard InChI is InChI=1S/C26H22N2O2S/c29-31(30,25-9-2-1-3-10-25)28-18-6-11-26(27-28)22-15-12-21(13-16-22)24-17-14-20-7-4-5-8-23(20)19-24/h1-5,7-10,12-17,19H,6,11,18H2. The SMILES string of the molecule is O=S(=O)(c1ccccc1)N1CCCC(c2ccc(-c3ccc4ccccc4c3)cc2)=N1. The van der Waals surface area contributed by atoms with Gasteiger partial charge in [-0.15, -0.1) is 0 Å². The molecule has 0 saturated heterocycles. The predicted molar refractivity (Wildman–Crippen MR) is 125 cm³/mol. The molecule has 31 heavy (non-hydrogen) atoms. The van der Waals surface area contributed by atoms with Crippen LogP contribution in [-0.2, 0) is 10.0 Å². The monoisotopic (exact) mass is 426 g/mol. The van der Waals surface area contributed by atoms with Gasteiger partial charge >= 0.3 is 0 Å². The number of rotatable bonds is 4. The fourth-order valence-electron chi connectivity index (χ4n) is 3.93. The first-order chi connectivity index (χ1) is 15.1. The van der Waals surface area contributed by atoms with Crippen LogP contribution in [0.1, 0.15) is 18.4 Å². The van der Waals surface area contributed by atoms with Gasteiger partial charge in [-0.05, 0) is 58.5 Å². The van der Waals surface area contributed by atoms with Crippen molar-refractivity contribution in [1.82, 2.24) is 4.41 Å². The van der Waals surface area contributed by atoms with Gasteiger partial charge in [0.05, 0.1) is 17.2 Å². The molecule has 1 aliphatic rings. The van der Waals surface area contributed by atoms with Crippen LogP contribution in [0, 0.1) is 0 Å². The Morgan fingerprint density at radius 2 is 1.32 bits per heavy atom. The highest BCUT2D eigenvalue weighted by Crippen LogP contribution is 2.26. The fraction of sp³-hybridized carbons (Fsp3) is 0.115. The zero-order chi connectivity index (χ0) is 21.3. The molecule has 0 unspecified atom stereocenters. The summed E-state index contributed by atoms with van der Waals surface area (Å²) in [5, 5.41) is 6.94. The van der Waals surface area contributed by atoms with Gasteiger partial charge in [0.1, 0.15) is 0 Å². The lowest BCUT2D eigenvalue weighted by Gasteiger charge is -2.25. The molecule has 0 amide bonds. The van der Waals surface area contributed by atoms with E-state index in [2.05, 4.69) is 47.6 Å². The molecule has 1 aliphatic heterocycles. The molecule has 4 aromatic rings. The number of benzene rings is 4. The lowest BCUT2D eigenvalue weighted by Crippen LogP contribution is -2.32. The largest absolute Gasteiger partial charge is 0.279 e. The van der Waals surface area contributed by atoms with E-state index in [0.29, 0.717) is 6.54 Å². The molecule has 0 saturated carbocycles. The summed E-state index contributed by atoms with van der Waals surface area (Å²) in [5.41, 5.74) is 4.04. The Kier molecular flexibility index (Phi) is 5.04. The summed E-state index contributed by atoms with van der Waals surface area (Å²) in [7, 11) is -3.63. The quantitative estimate of drug-likeness (QED) is 0.421. The molecule has 0 aliphatic carbocycles. The van der Waals surface area contributed by atoms with Gasteiger partial charge in [0.2, 0.25) is 0 Å². The molecular formula is C26H22N2O2S. The minimum Gasteiger partial charge on any atom is -0.200 e. The highest BCUT2D eigenvalue weighted by molar-refractivity contribution is 7.89. The Morgan fingerprint density at radius 1 is 0.677 bits per heavy atom. The topological polar surface area (TPSA) is 49.7 Å². The number of fused-ring (bicyclic) bond motifs is 1. The molecule has 4 aromatic carbocycles. The number of hydrazone groups is 1. The van der Waals surface area contributed by atoms with Crippen molar-refractivity contribution in [2.75, 3.05) is 6.54 Å². The molecule has 0 aromatic heterocycles. The van der Waals surface area contributed by atoms with E-state index in [-0.39, 0.29) is 4.90 Å². The third-order valence-corrected chi connectivity index (χ3v) is 7.30. The molecule has 154 valence electrons. The summed E-state index contributed by atoms with van der Waals surface area (Å²) >= 11 is 0. The van der Waals surface area contributed by atoms with Gasteiger partial charge < -0.3 is 0 Å². The normalized spacial score (nSPS) is 14.5. The van der Waals surface area contributed by atoms with Crippen molar-refractivity contribution in [2.24, 2.45) is 5.10 Å². The van der Waals surface area contributed by atoms with Crippen LogP contribution in [0.3, 0.4) is 0 Å². The Hall–Kier alpha value is -3.44. The summed E-state index contributed by atoms with van der Waals surface area (Å²) < 4.78 is 27.1. The number of nitrogens with zero attached hydrogens (tertiary/aromatic N) is 2. The highest BCUT2D eigenvalue weighted by atomic mass is 32.2. The molecule has 1 heterocycles. The van der Waals surface area contributed by atoms with Crippen molar-refractivity contribution in [3.8, 4) is 11.1 Å². The Bertz CT molecular complexity index is 1360. The maximum absolute atomic E-state index is 12.9. The second kappa shape index (κ2) is 8.00. The van der Waals surface area contributed by atoms with Crippen LogP contribution in [-0.4, -0.2) is 25.1 Å². The molecule has 0 N–H and O–H groups in total. The van der Waals surface area contributed by atoms with Crippen molar-refractivity contribution in [3.05, 3.63) is 103 Å². The first kappa shape index (κ1) is 19.5. The average Bonchev–Trinajstić information content (AvgIpc) is 2.84. The van der Waals surface area contributed by atoms with E-state index >= 15 is 0 Å². The van der Waals surface area contributed by atoms with E-state index < -0.39 is 10.0 Å². The molecular weight excluding hydrogens is 404 g/mol. The first-order valence-electron chi connectivity index (χ1n) is 10.4. The molecule has 0 radical (unpaired) electrons. The zero-order valence-corrected chi connectivity index (χ0v) is 17.8. The summed E-state index contributed by atoms with van der Waals surface area (Å²) in [6.07, 6.45) is 1.51. The van der Waals surface area contributed by atoms with Gasteiger partial charge in [-0.25, -0.2) is 0 Å². The van der Waals surface area contributed by atoms with E-state index in [4.69, 9.17) is 0 Å². The van der Waals surface area contributed by atoms with E-state index in [0.717, 1.165) is 35.2 Å². The van der Waals surface area contributed by atoms with Gasteiger partial charge in [0.15, 0.2) is 0 Å². The van der Waals surface area contributed by atoms with Crippen LogP contribution in [0.4, 0.5) is 0 Å². The zero-order valence-electron chi connectivity index (χ0n) is 17.0. The minimum atomic E-state index is -3.63.